The van der Waals surface area contributed by atoms with E-state index >= 15 is 0 Å². The van der Waals surface area contributed by atoms with Crippen molar-refractivity contribution in [2.45, 2.75) is 57.2 Å². The van der Waals surface area contributed by atoms with Gasteiger partial charge in [-0.3, -0.25) is 14.4 Å². The number of nitrogens with zero attached hydrogens (tertiary/aromatic N) is 1. The van der Waals surface area contributed by atoms with E-state index in [0.29, 0.717) is 24.2 Å². The molecule has 184 valence electrons. The number of benzene rings is 1. The maximum atomic E-state index is 13.5. The number of ketones is 1. The topological polar surface area (TPSA) is 101 Å². The van der Waals surface area contributed by atoms with E-state index in [4.69, 9.17) is 9.15 Å². The zero-order valence-corrected chi connectivity index (χ0v) is 20.6. The Bertz CT molecular complexity index is 999. The van der Waals surface area contributed by atoms with Crippen molar-refractivity contribution < 1.29 is 23.5 Å². The molecule has 0 saturated carbocycles. The van der Waals surface area contributed by atoms with Crippen molar-refractivity contribution in [2.75, 3.05) is 27.2 Å². The molecule has 2 aromatic rings. The molecule has 1 fully saturated rings. The van der Waals surface area contributed by atoms with Crippen LogP contribution in [0.3, 0.4) is 0 Å². The van der Waals surface area contributed by atoms with Gasteiger partial charge in [-0.1, -0.05) is 44.2 Å². The lowest BCUT2D eigenvalue weighted by molar-refractivity contribution is -0.128. The van der Waals surface area contributed by atoms with E-state index in [2.05, 4.69) is 10.6 Å². The van der Waals surface area contributed by atoms with Gasteiger partial charge < -0.3 is 24.7 Å². The van der Waals surface area contributed by atoms with Gasteiger partial charge in [0.25, 0.3) is 5.91 Å². The Morgan fingerprint density at radius 1 is 1.18 bits per heavy atom. The third kappa shape index (κ3) is 6.33. The monoisotopic (exact) mass is 469 g/mol. The van der Waals surface area contributed by atoms with E-state index in [9.17, 15) is 14.4 Å². The molecule has 1 aromatic heterocycles. The normalized spacial score (nSPS) is 19.3. The molecule has 1 aromatic carbocycles. The molecule has 1 aliphatic rings. The first kappa shape index (κ1) is 25.6. The van der Waals surface area contributed by atoms with E-state index < -0.39 is 35.4 Å². The SMILES string of the molecule is Cc1occc1C(=O)N[C@@H](CC(C)(C)c1ccccc1)C(=O)NC1C(=O)COC1CCN(C)C. The minimum Gasteiger partial charge on any atom is -0.469 e. The summed E-state index contributed by atoms with van der Waals surface area (Å²) in [6.07, 6.45) is 2.01. The van der Waals surface area contributed by atoms with Crippen LogP contribution in [0.4, 0.5) is 0 Å². The molecule has 0 radical (unpaired) electrons. The summed E-state index contributed by atoms with van der Waals surface area (Å²) in [6, 6.07) is 9.82. The summed E-state index contributed by atoms with van der Waals surface area (Å²) < 4.78 is 10.9. The predicted octanol–water partition coefficient (Wildman–Crippen LogP) is 2.46. The number of hydrogen-bond acceptors (Lipinski definition) is 6. The summed E-state index contributed by atoms with van der Waals surface area (Å²) in [6.45, 7) is 6.46. The van der Waals surface area contributed by atoms with Crippen LogP contribution in [0.25, 0.3) is 0 Å². The van der Waals surface area contributed by atoms with Crippen molar-refractivity contribution in [3.63, 3.8) is 0 Å². The number of ether oxygens (including phenoxy) is 1. The van der Waals surface area contributed by atoms with Gasteiger partial charge in [0.05, 0.1) is 17.9 Å². The van der Waals surface area contributed by atoms with Gasteiger partial charge in [-0.15, -0.1) is 0 Å². The number of hydrogen-bond donors (Lipinski definition) is 2. The molecular formula is C26H35N3O5. The van der Waals surface area contributed by atoms with Crippen LogP contribution in [-0.2, 0) is 19.7 Å². The van der Waals surface area contributed by atoms with Crippen molar-refractivity contribution in [1.82, 2.24) is 15.5 Å². The van der Waals surface area contributed by atoms with Gasteiger partial charge in [-0.05, 0) is 50.9 Å². The summed E-state index contributed by atoms with van der Waals surface area (Å²) in [4.78, 5) is 40.9. The molecule has 34 heavy (non-hydrogen) atoms. The van der Waals surface area contributed by atoms with Gasteiger partial charge in [0, 0.05) is 6.54 Å². The number of nitrogens with one attached hydrogen (secondary N) is 2. The molecule has 2 N–H and O–H groups in total. The Morgan fingerprint density at radius 2 is 1.88 bits per heavy atom. The zero-order chi connectivity index (χ0) is 24.9. The molecular weight excluding hydrogens is 434 g/mol. The molecule has 1 saturated heterocycles. The number of carbonyl (C=O) groups is 3. The fraction of sp³-hybridized carbons (Fsp3) is 0.500. The lowest BCUT2D eigenvalue weighted by atomic mass is 9.78. The fourth-order valence-electron chi connectivity index (χ4n) is 4.23. The standard InChI is InChI=1S/C26H35N3O5/c1-17-19(12-14-33-17)24(31)27-20(15-26(2,3)18-9-7-6-8-10-18)25(32)28-23-21(30)16-34-22(23)11-13-29(4)5/h6-10,12,14,20,22-23H,11,13,15-16H2,1-5H3,(H,27,31)(H,28,32)/t20-,22?,23?/m0/s1. The number of rotatable bonds is 10. The van der Waals surface area contributed by atoms with Crippen LogP contribution in [0.5, 0.6) is 0 Å². The Labute approximate surface area is 201 Å². The van der Waals surface area contributed by atoms with Crippen LogP contribution in [-0.4, -0.2) is 67.9 Å². The highest BCUT2D eigenvalue weighted by Crippen LogP contribution is 2.29. The molecule has 2 unspecified atom stereocenters. The third-order valence-corrected chi connectivity index (χ3v) is 6.31. The quantitative estimate of drug-likeness (QED) is 0.554. The molecule has 0 spiro atoms. The molecule has 3 rings (SSSR count). The van der Waals surface area contributed by atoms with E-state index in [0.717, 1.165) is 12.1 Å². The van der Waals surface area contributed by atoms with Crippen molar-refractivity contribution in [1.29, 1.82) is 0 Å². The maximum absolute atomic E-state index is 13.5. The van der Waals surface area contributed by atoms with Gasteiger partial charge in [0.15, 0.2) is 5.78 Å². The smallest absolute Gasteiger partial charge is 0.255 e. The van der Waals surface area contributed by atoms with Crippen LogP contribution in [0.1, 0.15) is 48.4 Å². The minimum atomic E-state index is -0.861. The molecule has 8 nitrogen and oxygen atoms in total. The maximum Gasteiger partial charge on any atom is 0.255 e. The zero-order valence-electron chi connectivity index (χ0n) is 20.6. The van der Waals surface area contributed by atoms with Crippen LogP contribution in [0.15, 0.2) is 47.1 Å². The van der Waals surface area contributed by atoms with Crippen LogP contribution in [0, 0.1) is 6.92 Å². The lowest BCUT2D eigenvalue weighted by Gasteiger charge is -2.31. The molecule has 8 heteroatoms. The van der Waals surface area contributed by atoms with Crippen LogP contribution < -0.4 is 10.6 Å². The van der Waals surface area contributed by atoms with Crippen LogP contribution in [0.2, 0.25) is 0 Å². The highest BCUT2D eigenvalue weighted by Gasteiger charge is 2.39. The highest BCUT2D eigenvalue weighted by atomic mass is 16.5. The summed E-state index contributed by atoms with van der Waals surface area (Å²) in [5.41, 5.74) is 1.01. The number of furan rings is 1. The second kappa shape index (κ2) is 11.0. The first-order chi connectivity index (χ1) is 16.1. The van der Waals surface area contributed by atoms with Crippen molar-refractivity contribution in [2.24, 2.45) is 0 Å². The van der Waals surface area contributed by atoms with Crippen molar-refractivity contribution in [3.05, 3.63) is 59.5 Å². The average molecular weight is 470 g/mol. The van der Waals surface area contributed by atoms with E-state index in [1.165, 1.54) is 6.26 Å². The van der Waals surface area contributed by atoms with Crippen molar-refractivity contribution >= 4 is 17.6 Å². The van der Waals surface area contributed by atoms with Gasteiger partial charge in [0.2, 0.25) is 5.91 Å². The van der Waals surface area contributed by atoms with E-state index in [-0.39, 0.29) is 12.4 Å². The molecule has 2 amide bonds. The number of amides is 2. The first-order valence-corrected chi connectivity index (χ1v) is 11.6. The number of carbonyl (C=O) groups excluding carboxylic acids is 3. The second-order valence-electron chi connectivity index (χ2n) is 9.76. The average Bonchev–Trinajstić information content (AvgIpc) is 3.37. The summed E-state index contributed by atoms with van der Waals surface area (Å²) in [5, 5.41) is 5.74. The molecule has 0 aliphatic carbocycles. The highest BCUT2D eigenvalue weighted by molar-refractivity contribution is 5.99. The summed E-state index contributed by atoms with van der Waals surface area (Å²) >= 11 is 0. The second-order valence-corrected chi connectivity index (χ2v) is 9.76. The van der Waals surface area contributed by atoms with Gasteiger partial charge in [0.1, 0.15) is 24.5 Å². The molecule has 3 atom stereocenters. The van der Waals surface area contributed by atoms with Gasteiger partial charge in [-0.2, -0.15) is 0 Å². The fourth-order valence-corrected chi connectivity index (χ4v) is 4.23. The Morgan fingerprint density at radius 3 is 2.50 bits per heavy atom. The van der Waals surface area contributed by atoms with Gasteiger partial charge >= 0.3 is 0 Å². The Balaban J connectivity index is 1.80. The number of Topliss-reactive ketones (excluding diaryl/α,β-unsaturated/α-hetero) is 1. The Hall–Kier alpha value is -2.97. The van der Waals surface area contributed by atoms with Crippen LogP contribution >= 0.6 is 0 Å². The largest absolute Gasteiger partial charge is 0.469 e. The lowest BCUT2D eigenvalue weighted by Crippen LogP contribution is -2.55. The Kier molecular flexibility index (Phi) is 8.28. The molecule has 2 heterocycles. The molecule has 0 bridgehead atoms. The molecule has 1 aliphatic heterocycles. The summed E-state index contributed by atoms with van der Waals surface area (Å²) in [5.74, 6) is -0.483. The number of aryl methyl sites for hydroxylation is 1. The minimum absolute atomic E-state index is 0.0240. The van der Waals surface area contributed by atoms with Gasteiger partial charge in [-0.25, -0.2) is 0 Å². The predicted molar refractivity (Wildman–Crippen MR) is 129 cm³/mol. The van der Waals surface area contributed by atoms with E-state index in [1.54, 1.807) is 13.0 Å². The first-order valence-electron chi connectivity index (χ1n) is 11.6. The third-order valence-electron chi connectivity index (χ3n) is 6.31. The summed E-state index contributed by atoms with van der Waals surface area (Å²) in [7, 11) is 3.89. The van der Waals surface area contributed by atoms with Crippen molar-refractivity contribution in [3.8, 4) is 0 Å². The van der Waals surface area contributed by atoms with E-state index in [1.807, 2.05) is 63.2 Å².